The van der Waals surface area contributed by atoms with Gasteiger partial charge in [-0.1, -0.05) is 42.5 Å². The summed E-state index contributed by atoms with van der Waals surface area (Å²) in [5.74, 6) is -0.866. The summed E-state index contributed by atoms with van der Waals surface area (Å²) >= 11 is 0. The van der Waals surface area contributed by atoms with Gasteiger partial charge in [-0.15, -0.1) is 0 Å². The average molecular weight is 226 g/mol. The number of rotatable bonds is 3. The number of aryl methyl sites for hydroxylation is 1. The van der Waals surface area contributed by atoms with Crippen LogP contribution in [0.15, 0.2) is 48.5 Å². The minimum absolute atomic E-state index is 0.385. The summed E-state index contributed by atoms with van der Waals surface area (Å²) in [5, 5.41) is 9.11. The van der Waals surface area contributed by atoms with Gasteiger partial charge in [-0.05, 0) is 36.1 Å². The van der Waals surface area contributed by atoms with Gasteiger partial charge in [0.05, 0.1) is 5.56 Å². The van der Waals surface area contributed by atoms with E-state index in [1.807, 2.05) is 43.3 Å². The number of benzene rings is 2. The summed E-state index contributed by atoms with van der Waals surface area (Å²) in [5.41, 5.74) is 3.60. The zero-order chi connectivity index (χ0) is 12.3. The maximum atomic E-state index is 11.1. The number of hydrogen-bond donors (Lipinski definition) is 1. The van der Waals surface area contributed by atoms with E-state index in [0.29, 0.717) is 12.0 Å². The van der Waals surface area contributed by atoms with E-state index in [0.717, 1.165) is 5.56 Å². The Bertz CT molecular complexity index is 544. The van der Waals surface area contributed by atoms with Crippen LogP contribution in [0.5, 0.6) is 0 Å². The summed E-state index contributed by atoms with van der Waals surface area (Å²) < 4.78 is 0. The number of carbonyl (C=O) groups is 1. The highest BCUT2D eigenvalue weighted by molar-refractivity contribution is 5.89. The Morgan fingerprint density at radius 1 is 1.00 bits per heavy atom. The molecule has 0 radical (unpaired) electrons. The molecular weight excluding hydrogens is 212 g/mol. The zero-order valence-corrected chi connectivity index (χ0v) is 9.68. The quantitative estimate of drug-likeness (QED) is 0.872. The van der Waals surface area contributed by atoms with Crippen LogP contribution in [0.1, 0.15) is 27.0 Å². The molecule has 0 saturated heterocycles. The van der Waals surface area contributed by atoms with Crippen molar-refractivity contribution in [1.82, 2.24) is 0 Å². The predicted octanol–water partition coefficient (Wildman–Crippen LogP) is 3.28. The predicted molar refractivity (Wildman–Crippen MR) is 67.4 cm³/mol. The first kappa shape index (κ1) is 11.4. The molecule has 2 heteroatoms. The lowest BCUT2D eigenvalue weighted by molar-refractivity contribution is 0.0696. The summed E-state index contributed by atoms with van der Waals surface area (Å²) in [6.45, 7) is 2.04. The Kier molecular flexibility index (Phi) is 3.24. The Balaban J connectivity index is 2.37. The van der Waals surface area contributed by atoms with Gasteiger partial charge in [0.15, 0.2) is 0 Å². The highest BCUT2D eigenvalue weighted by Gasteiger charge is 2.09. The molecule has 0 spiro atoms. The minimum atomic E-state index is -0.866. The molecule has 0 heterocycles. The molecular formula is C15H14O2. The van der Waals surface area contributed by atoms with Crippen LogP contribution in [0, 0.1) is 6.92 Å². The summed E-state index contributed by atoms with van der Waals surface area (Å²) in [6.07, 6.45) is 0.662. The van der Waals surface area contributed by atoms with Gasteiger partial charge in [-0.25, -0.2) is 4.79 Å². The summed E-state index contributed by atoms with van der Waals surface area (Å²) in [4.78, 5) is 11.1. The van der Waals surface area contributed by atoms with Crippen molar-refractivity contribution >= 4 is 5.97 Å². The van der Waals surface area contributed by atoms with Crippen LogP contribution >= 0.6 is 0 Å². The fourth-order valence-electron chi connectivity index (χ4n) is 1.90. The average Bonchev–Trinajstić information content (AvgIpc) is 2.32. The lowest BCUT2D eigenvalue weighted by Gasteiger charge is -2.08. The third kappa shape index (κ3) is 2.53. The molecule has 1 N–H and O–H groups in total. The Hall–Kier alpha value is -2.09. The number of hydrogen-bond acceptors (Lipinski definition) is 1. The van der Waals surface area contributed by atoms with E-state index in [1.165, 1.54) is 11.1 Å². The van der Waals surface area contributed by atoms with Crippen LogP contribution in [-0.4, -0.2) is 11.1 Å². The lowest BCUT2D eigenvalue weighted by Crippen LogP contribution is -2.03. The lowest BCUT2D eigenvalue weighted by atomic mass is 9.97. The van der Waals surface area contributed by atoms with Gasteiger partial charge in [0.25, 0.3) is 0 Å². The molecule has 86 valence electrons. The van der Waals surface area contributed by atoms with Crippen LogP contribution in [0.3, 0.4) is 0 Å². The molecule has 0 atom stereocenters. The van der Waals surface area contributed by atoms with Gasteiger partial charge in [0.1, 0.15) is 0 Å². The molecule has 0 aliphatic carbocycles. The number of carboxylic acids is 1. The smallest absolute Gasteiger partial charge is 0.335 e. The van der Waals surface area contributed by atoms with Crippen molar-refractivity contribution in [2.24, 2.45) is 0 Å². The van der Waals surface area contributed by atoms with E-state index in [9.17, 15) is 4.79 Å². The van der Waals surface area contributed by atoms with Gasteiger partial charge in [0.2, 0.25) is 0 Å². The molecule has 0 amide bonds. The maximum absolute atomic E-state index is 11.1. The van der Waals surface area contributed by atoms with Crippen LogP contribution in [-0.2, 0) is 6.42 Å². The topological polar surface area (TPSA) is 37.3 Å². The SMILES string of the molecule is Cc1ccccc1Cc1ccccc1C(=O)O. The van der Waals surface area contributed by atoms with Gasteiger partial charge in [-0.3, -0.25) is 0 Å². The monoisotopic (exact) mass is 226 g/mol. The van der Waals surface area contributed by atoms with Crippen LogP contribution in [0.4, 0.5) is 0 Å². The first-order chi connectivity index (χ1) is 8.18. The molecule has 2 nitrogen and oxygen atoms in total. The Labute approximate surface area is 101 Å². The summed E-state index contributed by atoms with van der Waals surface area (Å²) in [7, 11) is 0. The van der Waals surface area contributed by atoms with Crippen LogP contribution in [0.25, 0.3) is 0 Å². The van der Waals surface area contributed by atoms with Crippen molar-refractivity contribution in [1.29, 1.82) is 0 Å². The molecule has 0 aliphatic rings. The van der Waals surface area contributed by atoms with E-state index in [-0.39, 0.29) is 0 Å². The van der Waals surface area contributed by atoms with Gasteiger partial charge >= 0.3 is 5.97 Å². The maximum Gasteiger partial charge on any atom is 0.335 e. The molecule has 0 aliphatic heterocycles. The molecule has 0 aromatic heterocycles. The van der Waals surface area contributed by atoms with Gasteiger partial charge in [-0.2, -0.15) is 0 Å². The summed E-state index contributed by atoms with van der Waals surface area (Å²) in [6, 6.07) is 15.2. The molecule has 0 unspecified atom stereocenters. The number of aromatic carboxylic acids is 1. The van der Waals surface area contributed by atoms with Crippen molar-refractivity contribution < 1.29 is 9.90 Å². The molecule has 0 fully saturated rings. The van der Waals surface area contributed by atoms with Gasteiger partial charge < -0.3 is 5.11 Å². The van der Waals surface area contributed by atoms with Crippen molar-refractivity contribution in [3.8, 4) is 0 Å². The van der Waals surface area contributed by atoms with Crippen LogP contribution in [0.2, 0.25) is 0 Å². The van der Waals surface area contributed by atoms with E-state index in [4.69, 9.17) is 5.11 Å². The third-order valence-corrected chi connectivity index (χ3v) is 2.89. The van der Waals surface area contributed by atoms with Crippen molar-refractivity contribution in [2.45, 2.75) is 13.3 Å². The highest BCUT2D eigenvalue weighted by atomic mass is 16.4. The van der Waals surface area contributed by atoms with E-state index < -0.39 is 5.97 Å². The molecule has 2 rings (SSSR count). The molecule has 0 bridgehead atoms. The first-order valence-corrected chi connectivity index (χ1v) is 5.54. The van der Waals surface area contributed by atoms with Crippen molar-refractivity contribution in [3.63, 3.8) is 0 Å². The highest BCUT2D eigenvalue weighted by Crippen LogP contribution is 2.17. The second-order valence-electron chi connectivity index (χ2n) is 4.07. The molecule has 0 saturated carbocycles. The minimum Gasteiger partial charge on any atom is -0.478 e. The largest absolute Gasteiger partial charge is 0.478 e. The van der Waals surface area contributed by atoms with Crippen molar-refractivity contribution in [3.05, 3.63) is 70.8 Å². The molecule has 17 heavy (non-hydrogen) atoms. The number of carboxylic acid groups (broad SMARTS) is 1. The first-order valence-electron chi connectivity index (χ1n) is 5.54. The van der Waals surface area contributed by atoms with E-state index in [1.54, 1.807) is 12.1 Å². The third-order valence-electron chi connectivity index (χ3n) is 2.89. The van der Waals surface area contributed by atoms with Gasteiger partial charge in [0, 0.05) is 0 Å². The normalized spacial score (nSPS) is 10.2. The van der Waals surface area contributed by atoms with E-state index >= 15 is 0 Å². The molecule has 2 aromatic carbocycles. The van der Waals surface area contributed by atoms with Crippen LogP contribution < -0.4 is 0 Å². The molecule has 2 aromatic rings. The van der Waals surface area contributed by atoms with Crippen molar-refractivity contribution in [2.75, 3.05) is 0 Å². The fraction of sp³-hybridized carbons (Fsp3) is 0.133. The van der Waals surface area contributed by atoms with E-state index in [2.05, 4.69) is 0 Å². The Morgan fingerprint density at radius 3 is 2.24 bits per heavy atom. The fourth-order valence-corrected chi connectivity index (χ4v) is 1.90. The zero-order valence-electron chi connectivity index (χ0n) is 9.68. The second kappa shape index (κ2) is 4.83. The standard InChI is InChI=1S/C15H14O2/c1-11-6-2-3-7-12(11)10-13-8-4-5-9-14(13)15(16)17/h2-9H,10H2,1H3,(H,16,17). The second-order valence-corrected chi connectivity index (χ2v) is 4.07. The Morgan fingerprint density at radius 2 is 1.59 bits per heavy atom.